The molecular formula is C14H22BrN5O. The van der Waals surface area contributed by atoms with E-state index in [0.717, 1.165) is 24.0 Å². The van der Waals surface area contributed by atoms with Gasteiger partial charge in [0.25, 0.3) is 0 Å². The minimum Gasteiger partial charge on any atom is -0.338 e. The Kier molecular flexibility index (Phi) is 5.52. The molecule has 0 aliphatic carbocycles. The molecule has 1 aromatic heterocycles. The van der Waals surface area contributed by atoms with Crippen molar-refractivity contribution in [3.8, 4) is 0 Å². The molecule has 1 aromatic rings. The van der Waals surface area contributed by atoms with Crippen LogP contribution in [0.3, 0.4) is 0 Å². The first-order valence-corrected chi connectivity index (χ1v) is 8.09. The number of anilines is 1. The number of piperazine rings is 1. The molecule has 0 aromatic carbocycles. The van der Waals surface area contributed by atoms with Crippen LogP contribution in [-0.2, 0) is 4.79 Å². The van der Waals surface area contributed by atoms with Gasteiger partial charge in [-0.05, 0) is 21.8 Å². The second kappa shape index (κ2) is 7.17. The molecule has 2 atom stereocenters. The van der Waals surface area contributed by atoms with Crippen LogP contribution in [0.1, 0.15) is 20.3 Å². The van der Waals surface area contributed by atoms with E-state index in [9.17, 15) is 4.79 Å². The molecular weight excluding hydrogens is 334 g/mol. The summed E-state index contributed by atoms with van der Waals surface area (Å²) in [4.78, 5) is 24.8. The summed E-state index contributed by atoms with van der Waals surface area (Å²) in [5, 5.41) is 0. The molecule has 2 N–H and O–H groups in total. The average Bonchev–Trinajstić information content (AvgIpc) is 2.53. The highest BCUT2D eigenvalue weighted by molar-refractivity contribution is 9.10. The van der Waals surface area contributed by atoms with Gasteiger partial charge < -0.3 is 15.5 Å². The van der Waals surface area contributed by atoms with E-state index in [-0.39, 0.29) is 11.8 Å². The van der Waals surface area contributed by atoms with Crippen LogP contribution in [0.5, 0.6) is 0 Å². The van der Waals surface area contributed by atoms with E-state index in [2.05, 4.69) is 37.7 Å². The van der Waals surface area contributed by atoms with Crippen LogP contribution in [0.15, 0.2) is 16.9 Å². The minimum atomic E-state index is -0.398. The van der Waals surface area contributed by atoms with Gasteiger partial charge in [-0.1, -0.05) is 20.3 Å². The maximum atomic E-state index is 12.3. The van der Waals surface area contributed by atoms with Gasteiger partial charge >= 0.3 is 0 Å². The van der Waals surface area contributed by atoms with Gasteiger partial charge in [-0.2, -0.15) is 0 Å². The van der Waals surface area contributed by atoms with Crippen LogP contribution >= 0.6 is 15.9 Å². The number of aromatic nitrogens is 2. The van der Waals surface area contributed by atoms with Crippen LogP contribution in [0.25, 0.3) is 0 Å². The van der Waals surface area contributed by atoms with Crippen LogP contribution in [0.2, 0.25) is 0 Å². The minimum absolute atomic E-state index is 0.0562. The Morgan fingerprint density at radius 1 is 1.33 bits per heavy atom. The van der Waals surface area contributed by atoms with Crippen molar-refractivity contribution in [2.45, 2.75) is 26.3 Å². The molecule has 2 rings (SSSR count). The van der Waals surface area contributed by atoms with Gasteiger partial charge in [0.2, 0.25) is 11.9 Å². The second-order valence-corrected chi connectivity index (χ2v) is 6.34. The zero-order valence-electron chi connectivity index (χ0n) is 12.5. The molecule has 1 aliphatic heterocycles. The largest absolute Gasteiger partial charge is 0.338 e. The summed E-state index contributed by atoms with van der Waals surface area (Å²) in [6.45, 7) is 6.89. The topological polar surface area (TPSA) is 75.4 Å². The molecule has 1 fully saturated rings. The number of carbonyl (C=O) groups is 1. The van der Waals surface area contributed by atoms with E-state index in [0.29, 0.717) is 19.0 Å². The highest BCUT2D eigenvalue weighted by Gasteiger charge is 2.28. The lowest BCUT2D eigenvalue weighted by Crippen LogP contribution is -2.54. The fourth-order valence-electron chi connectivity index (χ4n) is 2.30. The van der Waals surface area contributed by atoms with Crippen molar-refractivity contribution in [1.82, 2.24) is 14.9 Å². The Morgan fingerprint density at radius 3 is 2.43 bits per heavy atom. The predicted molar refractivity (Wildman–Crippen MR) is 86.0 cm³/mol. The Bertz CT molecular complexity index is 473. The van der Waals surface area contributed by atoms with Crippen molar-refractivity contribution >= 4 is 27.8 Å². The van der Waals surface area contributed by atoms with Gasteiger partial charge in [0.1, 0.15) is 0 Å². The van der Waals surface area contributed by atoms with Crippen molar-refractivity contribution in [2.24, 2.45) is 11.7 Å². The van der Waals surface area contributed by atoms with E-state index >= 15 is 0 Å². The number of hydrogen-bond acceptors (Lipinski definition) is 5. The summed E-state index contributed by atoms with van der Waals surface area (Å²) >= 11 is 3.32. The van der Waals surface area contributed by atoms with E-state index in [1.54, 1.807) is 12.4 Å². The quantitative estimate of drug-likeness (QED) is 0.879. The van der Waals surface area contributed by atoms with Gasteiger partial charge in [0, 0.05) is 38.6 Å². The van der Waals surface area contributed by atoms with Gasteiger partial charge in [-0.3, -0.25) is 4.79 Å². The molecule has 0 spiro atoms. The SMILES string of the molecule is CCC(C)[C@H](N)C(=O)N1CCN(c2ncc(Br)cn2)CC1. The zero-order valence-corrected chi connectivity index (χ0v) is 14.1. The van der Waals surface area contributed by atoms with Gasteiger partial charge in [-0.25, -0.2) is 9.97 Å². The number of amides is 1. The maximum absolute atomic E-state index is 12.3. The fraction of sp³-hybridized carbons (Fsp3) is 0.643. The molecule has 7 heteroatoms. The summed E-state index contributed by atoms with van der Waals surface area (Å²) in [7, 11) is 0. The smallest absolute Gasteiger partial charge is 0.239 e. The molecule has 116 valence electrons. The third-order valence-electron chi connectivity index (χ3n) is 4.02. The summed E-state index contributed by atoms with van der Waals surface area (Å²) in [5.41, 5.74) is 6.03. The van der Waals surface area contributed by atoms with Crippen molar-refractivity contribution < 1.29 is 4.79 Å². The summed E-state index contributed by atoms with van der Waals surface area (Å²) < 4.78 is 0.861. The number of nitrogens with zero attached hydrogens (tertiary/aromatic N) is 4. The number of hydrogen-bond donors (Lipinski definition) is 1. The average molecular weight is 356 g/mol. The Balaban J connectivity index is 1.91. The van der Waals surface area contributed by atoms with Crippen molar-refractivity contribution in [2.75, 3.05) is 31.1 Å². The van der Waals surface area contributed by atoms with E-state index in [1.807, 2.05) is 11.8 Å². The van der Waals surface area contributed by atoms with E-state index in [4.69, 9.17) is 5.73 Å². The standard InChI is InChI=1S/C14H22BrN5O/c1-3-10(2)12(16)13(21)19-4-6-20(7-5-19)14-17-8-11(15)9-18-14/h8-10,12H,3-7,16H2,1-2H3/t10?,12-/m0/s1. The molecule has 1 aliphatic rings. The number of halogens is 1. The molecule has 2 heterocycles. The highest BCUT2D eigenvalue weighted by Crippen LogP contribution is 2.15. The Morgan fingerprint density at radius 2 is 1.90 bits per heavy atom. The maximum Gasteiger partial charge on any atom is 0.239 e. The first-order chi connectivity index (χ1) is 10.0. The van der Waals surface area contributed by atoms with Crippen LogP contribution in [-0.4, -0.2) is 53.0 Å². The molecule has 1 unspecified atom stereocenters. The van der Waals surface area contributed by atoms with Crippen molar-refractivity contribution in [3.63, 3.8) is 0 Å². The van der Waals surface area contributed by atoms with Gasteiger partial charge in [0.05, 0.1) is 10.5 Å². The summed E-state index contributed by atoms with van der Waals surface area (Å²) in [5.74, 6) is 0.975. The molecule has 0 bridgehead atoms. The Hall–Kier alpha value is -1.21. The molecule has 1 amide bonds. The molecule has 0 saturated carbocycles. The van der Waals surface area contributed by atoms with Crippen LogP contribution < -0.4 is 10.6 Å². The Labute approximate surface area is 133 Å². The van der Waals surface area contributed by atoms with Crippen molar-refractivity contribution in [3.05, 3.63) is 16.9 Å². The van der Waals surface area contributed by atoms with E-state index < -0.39 is 6.04 Å². The highest BCUT2D eigenvalue weighted by atomic mass is 79.9. The monoisotopic (exact) mass is 355 g/mol. The first-order valence-electron chi connectivity index (χ1n) is 7.29. The third kappa shape index (κ3) is 3.91. The lowest BCUT2D eigenvalue weighted by Gasteiger charge is -2.36. The number of rotatable bonds is 4. The molecule has 0 radical (unpaired) electrons. The number of nitrogens with two attached hydrogens (primary N) is 1. The molecule has 6 nitrogen and oxygen atoms in total. The zero-order chi connectivity index (χ0) is 15.4. The van der Waals surface area contributed by atoms with Crippen molar-refractivity contribution in [1.29, 1.82) is 0 Å². The summed E-state index contributed by atoms with van der Waals surface area (Å²) in [6.07, 6.45) is 4.39. The lowest BCUT2D eigenvalue weighted by molar-refractivity contribution is -0.134. The fourth-order valence-corrected chi connectivity index (χ4v) is 2.51. The molecule has 21 heavy (non-hydrogen) atoms. The number of carbonyl (C=O) groups excluding carboxylic acids is 1. The first kappa shape index (κ1) is 16.2. The molecule has 1 saturated heterocycles. The summed E-state index contributed by atoms with van der Waals surface area (Å²) in [6, 6.07) is -0.398. The van der Waals surface area contributed by atoms with Gasteiger partial charge in [-0.15, -0.1) is 0 Å². The second-order valence-electron chi connectivity index (χ2n) is 5.42. The van der Waals surface area contributed by atoms with Crippen LogP contribution in [0.4, 0.5) is 5.95 Å². The third-order valence-corrected chi connectivity index (χ3v) is 4.43. The van der Waals surface area contributed by atoms with Gasteiger partial charge in [0.15, 0.2) is 0 Å². The van der Waals surface area contributed by atoms with Crippen LogP contribution in [0, 0.1) is 5.92 Å². The van der Waals surface area contributed by atoms with E-state index in [1.165, 1.54) is 0 Å². The predicted octanol–water partition coefficient (Wildman–Crippen LogP) is 1.26. The lowest BCUT2D eigenvalue weighted by atomic mass is 9.98. The normalized spacial score (nSPS) is 18.5.